The molecular weight excluding hydrogens is 210 g/mol. The Balaban J connectivity index is 2.56. The Labute approximate surface area is 93.7 Å². The lowest BCUT2D eigenvalue weighted by Gasteiger charge is -2.18. The van der Waals surface area contributed by atoms with Crippen LogP contribution in [0.25, 0.3) is 0 Å². The average molecular weight is 225 g/mol. The molecule has 1 heterocycles. The molecule has 0 aliphatic heterocycles. The largest absolute Gasteiger partial charge is 0.514 e. The van der Waals surface area contributed by atoms with E-state index < -0.39 is 11.8 Å². The van der Waals surface area contributed by atoms with E-state index in [9.17, 15) is 4.79 Å². The maximum absolute atomic E-state index is 11.3. The molecule has 0 aromatic carbocycles. The lowest BCUT2D eigenvalue weighted by molar-refractivity contribution is 0.0205. The minimum atomic E-state index is -0.761. The number of nitrogen functional groups attached to an aromatic ring is 1. The molecule has 1 aromatic rings. The minimum absolute atomic E-state index is 0.299. The van der Waals surface area contributed by atoms with E-state index in [-0.39, 0.29) is 0 Å². The lowest BCUT2D eigenvalue weighted by Crippen LogP contribution is -2.26. The quantitative estimate of drug-likeness (QED) is 0.452. The molecule has 0 aliphatic rings. The number of hydrazine groups is 1. The van der Waals surface area contributed by atoms with Crippen LogP contribution in [0.2, 0.25) is 0 Å². The van der Waals surface area contributed by atoms with Crippen LogP contribution in [0.15, 0.2) is 18.3 Å². The van der Waals surface area contributed by atoms with E-state index in [1.54, 1.807) is 32.9 Å². The van der Waals surface area contributed by atoms with Crippen LogP contribution < -0.4 is 16.0 Å². The summed E-state index contributed by atoms with van der Waals surface area (Å²) in [5, 5.41) is 0. The van der Waals surface area contributed by atoms with Crippen molar-refractivity contribution in [2.24, 2.45) is 5.84 Å². The van der Waals surface area contributed by atoms with Gasteiger partial charge in [-0.3, -0.25) is 0 Å². The summed E-state index contributed by atoms with van der Waals surface area (Å²) >= 11 is 0. The third-order valence-corrected chi connectivity index (χ3v) is 1.47. The second-order valence-electron chi connectivity index (χ2n) is 4.09. The molecule has 6 nitrogen and oxygen atoms in total. The second-order valence-corrected chi connectivity index (χ2v) is 4.09. The molecule has 16 heavy (non-hydrogen) atoms. The predicted molar refractivity (Wildman–Crippen MR) is 58.9 cm³/mol. The van der Waals surface area contributed by atoms with Crippen molar-refractivity contribution < 1.29 is 14.3 Å². The summed E-state index contributed by atoms with van der Waals surface area (Å²) in [6.45, 7) is 5.27. The van der Waals surface area contributed by atoms with Crippen molar-refractivity contribution in [2.75, 3.05) is 5.43 Å². The summed E-state index contributed by atoms with van der Waals surface area (Å²) < 4.78 is 9.87. The van der Waals surface area contributed by atoms with Crippen molar-refractivity contribution in [3.05, 3.63) is 18.3 Å². The summed E-state index contributed by atoms with van der Waals surface area (Å²) in [5.74, 6) is 5.92. The molecule has 0 fully saturated rings. The Hall–Kier alpha value is -1.82. The van der Waals surface area contributed by atoms with Crippen molar-refractivity contribution >= 4 is 12.0 Å². The van der Waals surface area contributed by atoms with Crippen LogP contribution in [-0.4, -0.2) is 16.7 Å². The van der Waals surface area contributed by atoms with Gasteiger partial charge in [0.15, 0.2) is 5.75 Å². The maximum atomic E-state index is 11.3. The molecule has 0 atom stereocenters. The maximum Gasteiger partial charge on any atom is 0.514 e. The minimum Gasteiger partial charge on any atom is -0.428 e. The molecule has 88 valence electrons. The van der Waals surface area contributed by atoms with E-state index in [1.165, 1.54) is 6.20 Å². The fourth-order valence-corrected chi connectivity index (χ4v) is 0.893. The standard InChI is InChI=1S/C10H15N3O3/c1-10(2,3)16-9(14)15-7-4-5-8(13-11)12-6-7/h4-6H,11H2,1-3H3,(H,12,13). The molecule has 3 N–H and O–H groups in total. The number of carbonyl (C=O) groups is 1. The number of anilines is 1. The monoisotopic (exact) mass is 225 g/mol. The highest BCUT2D eigenvalue weighted by atomic mass is 16.7. The Morgan fingerprint density at radius 1 is 1.44 bits per heavy atom. The molecule has 0 aliphatic carbocycles. The molecule has 1 aromatic heterocycles. The molecule has 0 saturated heterocycles. The van der Waals surface area contributed by atoms with Gasteiger partial charge in [-0.1, -0.05) is 0 Å². The first-order chi connectivity index (χ1) is 7.40. The molecule has 6 heteroatoms. The normalized spacial score (nSPS) is 10.8. The number of nitrogens with two attached hydrogens (primary N) is 1. The first-order valence-electron chi connectivity index (χ1n) is 4.74. The second kappa shape index (κ2) is 4.80. The molecule has 0 spiro atoms. The molecule has 0 bridgehead atoms. The van der Waals surface area contributed by atoms with E-state index in [0.29, 0.717) is 11.6 Å². The number of hydrogen-bond acceptors (Lipinski definition) is 6. The number of nitrogens with one attached hydrogen (secondary N) is 1. The summed E-state index contributed by atoms with van der Waals surface area (Å²) in [4.78, 5) is 15.1. The molecular formula is C10H15N3O3. The Bertz CT molecular complexity index is 357. The highest BCUT2D eigenvalue weighted by Crippen LogP contribution is 2.14. The highest BCUT2D eigenvalue weighted by molar-refractivity contribution is 5.64. The van der Waals surface area contributed by atoms with Crippen molar-refractivity contribution in [2.45, 2.75) is 26.4 Å². The van der Waals surface area contributed by atoms with Gasteiger partial charge in [0.1, 0.15) is 11.4 Å². The van der Waals surface area contributed by atoms with Crippen LogP contribution in [0, 0.1) is 0 Å². The van der Waals surface area contributed by atoms with Crippen LogP contribution >= 0.6 is 0 Å². The van der Waals surface area contributed by atoms with E-state index >= 15 is 0 Å². The Morgan fingerprint density at radius 3 is 2.56 bits per heavy atom. The SMILES string of the molecule is CC(C)(C)OC(=O)Oc1ccc(NN)nc1. The molecule has 0 amide bonds. The van der Waals surface area contributed by atoms with Gasteiger partial charge in [0.2, 0.25) is 0 Å². The zero-order valence-corrected chi connectivity index (χ0v) is 9.48. The van der Waals surface area contributed by atoms with Crippen LogP contribution in [0.5, 0.6) is 5.75 Å². The number of ether oxygens (including phenoxy) is 2. The van der Waals surface area contributed by atoms with Crippen molar-refractivity contribution in [1.82, 2.24) is 4.98 Å². The third-order valence-electron chi connectivity index (χ3n) is 1.47. The van der Waals surface area contributed by atoms with Crippen LogP contribution in [-0.2, 0) is 4.74 Å². The zero-order valence-electron chi connectivity index (χ0n) is 9.48. The molecule has 0 radical (unpaired) electrons. The molecule has 0 unspecified atom stereocenters. The third kappa shape index (κ3) is 4.14. The molecule has 1 rings (SSSR count). The summed E-state index contributed by atoms with van der Waals surface area (Å²) in [6, 6.07) is 3.14. The number of aromatic nitrogens is 1. The molecule has 0 saturated carbocycles. The van der Waals surface area contributed by atoms with Gasteiger partial charge in [-0.05, 0) is 32.9 Å². The predicted octanol–water partition coefficient (Wildman–Crippen LogP) is 1.68. The highest BCUT2D eigenvalue weighted by Gasteiger charge is 2.17. The van der Waals surface area contributed by atoms with Crippen LogP contribution in [0.1, 0.15) is 20.8 Å². The smallest absolute Gasteiger partial charge is 0.428 e. The number of nitrogens with zero attached hydrogens (tertiary/aromatic N) is 1. The van der Waals surface area contributed by atoms with E-state index in [2.05, 4.69) is 10.4 Å². The fourth-order valence-electron chi connectivity index (χ4n) is 0.893. The van der Waals surface area contributed by atoms with Crippen molar-refractivity contribution in [1.29, 1.82) is 0 Å². The lowest BCUT2D eigenvalue weighted by atomic mass is 10.2. The Kier molecular flexibility index (Phi) is 3.68. The van der Waals surface area contributed by atoms with Crippen LogP contribution in [0.4, 0.5) is 10.6 Å². The van der Waals surface area contributed by atoms with E-state index in [1.807, 2.05) is 0 Å². The van der Waals surface area contributed by atoms with Gasteiger partial charge < -0.3 is 14.9 Å². The summed E-state index contributed by atoms with van der Waals surface area (Å²) in [5.41, 5.74) is 1.78. The first kappa shape index (κ1) is 12.3. The van der Waals surface area contributed by atoms with Gasteiger partial charge in [0.25, 0.3) is 0 Å². The number of pyridine rings is 1. The van der Waals surface area contributed by atoms with E-state index in [0.717, 1.165) is 0 Å². The van der Waals surface area contributed by atoms with Gasteiger partial charge in [-0.15, -0.1) is 0 Å². The average Bonchev–Trinajstić information content (AvgIpc) is 2.16. The van der Waals surface area contributed by atoms with Crippen LogP contribution in [0.3, 0.4) is 0 Å². The topological polar surface area (TPSA) is 86.5 Å². The van der Waals surface area contributed by atoms with Crippen molar-refractivity contribution in [3.63, 3.8) is 0 Å². The van der Waals surface area contributed by atoms with Crippen molar-refractivity contribution in [3.8, 4) is 5.75 Å². The van der Waals surface area contributed by atoms with Gasteiger partial charge in [0.05, 0.1) is 6.20 Å². The van der Waals surface area contributed by atoms with Gasteiger partial charge in [-0.25, -0.2) is 15.6 Å². The number of carbonyl (C=O) groups excluding carboxylic acids is 1. The van der Waals surface area contributed by atoms with Gasteiger partial charge in [0, 0.05) is 0 Å². The first-order valence-corrected chi connectivity index (χ1v) is 4.74. The number of hydrogen-bond donors (Lipinski definition) is 2. The summed E-state index contributed by atoms with van der Waals surface area (Å²) in [7, 11) is 0. The van der Waals surface area contributed by atoms with Gasteiger partial charge in [-0.2, -0.15) is 0 Å². The summed E-state index contributed by atoms with van der Waals surface area (Å²) in [6.07, 6.45) is 0.613. The zero-order chi connectivity index (χ0) is 12.2. The van der Waals surface area contributed by atoms with E-state index in [4.69, 9.17) is 15.3 Å². The Morgan fingerprint density at radius 2 is 2.12 bits per heavy atom. The number of rotatable bonds is 2. The fraction of sp³-hybridized carbons (Fsp3) is 0.400. The van der Waals surface area contributed by atoms with Gasteiger partial charge >= 0.3 is 6.16 Å².